The monoisotopic (exact) mass is 908 g/mol. The molecule has 0 saturated heterocycles. The van der Waals surface area contributed by atoms with E-state index in [-0.39, 0.29) is 0 Å². The fourth-order valence-corrected chi connectivity index (χ4v) is 17.0. The smallest absolute Gasteiger partial charge is 0.184 e. The molecule has 1 aliphatic heterocycles. The number of benzene rings is 11. The van der Waals surface area contributed by atoms with E-state index in [1.807, 2.05) is 0 Å². The highest BCUT2D eigenvalue weighted by molar-refractivity contribution is 7.21. The van der Waals surface area contributed by atoms with Gasteiger partial charge in [0.1, 0.15) is 0 Å². The Balaban J connectivity index is 0.972. The minimum absolute atomic E-state index is 0.502. The second-order valence-electron chi connectivity index (χ2n) is 18.4. The minimum atomic E-state index is -2.87. The largest absolute Gasteiger partial charge is 0.311 e. The molecule has 0 N–H and O–H groups in total. The van der Waals surface area contributed by atoms with Crippen molar-refractivity contribution in [1.29, 1.82) is 0 Å². The van der Waals surface area contributed by atoms with E-state index in [4.69, 9.17) is 0 Å². The third-order valence-corrected chi connectivity index (χ3v) is 19.6. The van der Waals surface area contributed by atoms with Crippen molar-refractivity contribution in [3.05, 3.63) is 313 Å². The molecule has 11 aromatic carbocycles. The van der Waals surface area contributed by atoms with Crippen molar-refractivity contribution >= 4 is 62.9 Å². The van der Waals surface area contributed by atoms with Gasteiger partial charge in [0.25, 0.3) is 0 Å². The number of fused-ring (bicyclic) bond motifs is 5. The summed E-state index contributed by atoms with van der Waals surface area (Å²) in [5, 5.41) is 5.50. The lowest BCUT2D eigenvalue weighted by Gasteiger charge is -2.45. The summed E-state index contributed by atoms with van der Waals surface area (Å²) < 4.78 is 0. The molecular formula is C67H48N2Si. The van der Waals surface area contributed by atoms with E-state index >= 15 is 0 Å². The van der Waals surface area contributed by atoms with Crippen molar-refractivity contribution in [1.82, 2.24) is 0 Å². The Labute approximate surface area is 411 Å². The molecule has 1 heterocycles. The lowest BCUT2D eigenvalue weighted by atomic mass is 9.67. The lowest BCUT2D eigenvalue weighted by molar-refractivity contribution is 0.768. The van der Waals surface area contributed by atoms with Gasteiger partial charge in [-0.1, -0.05) is 231 Å². The first kappa shape index (κ1) is 41.4. The van der Waals surface area contributed by atoms with Crippen LogP contribution in [0.4, 0.5) is 34.1 Å². The van der Waals surface area contributed by atoms with E-state index < -0.39 is 13.5 Å². The summed E-state index contributed by atoms with van der Waals surface area (Å²) in [6.07, 6.45) is 0. The third kappa shape index (κ3) is 6.40. The molecular weight excluding hydrogens is 861 g/mol. The fraction of sp³-hybridized carbons (Fsp3) is 0.0149. The number of para-hydroxylation sites is 3. The van der Waals surface area contributed by atoms with Crippen molar-refractivity contribution in [3.63, 3.8) is 0 Å². The van der Waals surface area contributed by atoms with Gasteiger partial charge in [-0.3, -0.25) is 0 Å². The van der Waals surface area contributed by atoms with Crippen molar-refractivity contribution in [2.24, 2.45) is 0 Å². The van der Waals surface area contributed by atoms with Crippen LogP contribution in [0.5, 0.6) is 0 Å². The molecule has 0 saturated carbocycles. The van der Waals surface area contributed by atoms with Crippen LogP contribution in [-0.4, -0.2) is 8.07 Å². The molecule has 0 bridgehead atoms. The molecule has 0 aromatic heterocycles. The molecule has 70 heavy (non-hydrogen) atoms. The topological polar surface area (TPSA) is 6.48 Å². The third-order valence-electron chi connectivity index (χ3n) is 14.8. The molecule has 1 aliphatic carbocycles. The van der Waals surface area contributed by atoms with Crippen LogP contribution in [-0.2, 0) is 5.41 Å². The molecule has 0 radical (unpaired) electrons. The summed E-state index contributed by atoms with van der Waals surface area (Å²) in [5.41, 5.74) is 16.4. The van der Waals surface area contributed by atoms with Gasteiger partial charge in [0.05, 0.1) is 5.41 Å². The predicted octanol–water partition coefficient (Wildman–Crippen LogP) is 14.3. The van der Waals surface area contributed by atoms with Crippen molar-refractivity contribution in [2.75, 3.05) is 9.80 Å². The summed E-state index contributed by atoms with van der Waals surface area (Å²) in [6, 6.07) is 108. The minimum Gasteiger partial charge on any atom is -0.311 e. The molecule has 0 amide bonds. The van der Waals surface area contributed by atoms with Gasteiger partial charge in [-0.15, -0.1) is 0 Å². The Morgan fingerprint density at radius 2 is 0.786 bits per heavy atom. The number of nitrogens with zero attached hydrogens (tertiary/aromatic N) is 2. The van der Waals surface area contributed by atoms with Crippen LogP contribution in [0.25, 0.3) is 22.3 Å². The predicted molar refractivity (Wildman–Crippen MR) is 296 cm³/mol. The van der Waals surface area contributed by atoms with Gasteiger partial charge in [0, 0.05) is 34.1 Å². The Kier molecular flexibility index (Phi) is 10.1. The summed E-state index contributed by atoms with van der Waals surface area (Å²) in [4.78, 5) is 4.88. The average Bonchev–Trinajstić information content (AvgIpc) is 3.75. The molecule has 3 heteroatoms. The quantitative estimate of drug-likeness (QED) is 0.133. The highest BCUT2D eigenvalue weighted by Crippen LogP contribution is 2.56. The molecule has 0 fully saturated rings. The van der Waals surface area contributed by atoms with Crippen LogP contribution in [0, 0.1) is 0 Å². The average molecular weight is 909 g/mol. The summed E-state index contributed by atoms with van der Waals surface area (Å²) in [7, 11) is -2.87. The van der Waals surface area contributed by atoms with Gasteiger partial charge >= 0.3 is 0 Å². The van der Waals surface area contributed by atoms with Gasteiger partial charge in [-0.2, -0.15) is 0 Å². The Morgan fingerprint density at radius 1 is 0.314 bits per heavy atom. The second kappa shape index (κ2) is 17.1. The molecule has 11 aromatic rings. The zero-order valence-corrected chi connectivity index (χ0v) is 39.6. The van der Waals surface area contributed by atoms with Gasteiger partial charge in [-0.05, 0) is 126 Å². The standard InChI is InChI=1S/C67H48N2Si/c1-6-23-51(24-7-1)67(61-37-18-16-35-59(61)60-36-17-19-38-62(60)67)52-25-22-30-56(48-52)68(53-26-8-2-9-27-53)55-44-41-49(42-45-55)50-43-46-64-66(47-50)70(57-31-12-4-13-32-57,58-33-14-5-15-34-58)65-40-21-20-39-63(65)69(64)54-28-10-3-11-29-54/h1-48H. The van der Waals surface area contributed by atoms with Crippen LogP contribution >= 0.6 is 0 Å². The Bertz CT molecular complexity index is 3570. The van der Waals surface area contributed by atoms with Gasteiger partial charge in [0.15, 0.2) is 8.07 Å². The van der Waals surface area contributed by atoms with E-state index in [9.17, 15) is 0 Å². The zero-order valence-electron chi connectivity index (χ0n) is 38.6. The van der Waals surface area contributed by atoms with Crippen LogP contribution in [0.1, 0.15) is 22.3 Å². The van der Waals surface area contributed by atoms with E-state index in [2.05, 4.69) is 301 Å². The number of hydrogen-bond donors (Lipinski definition) is 0. The van der Waals surface area contributed by atoms with E-state index in [1.54, 1.807) is 0 Å². The molecule has 0 unspecified atom stereocenters. The number of rotatable bonds is 9. The Morgan fingerprint density at radius 3 is 1.43 bits per heavy atom. The fourth-order valence-electron chi connectivity index (χ4n) is 11.9. The molecule has 2 aliphatic rings. The summed E-state index contributed by atoms with van der Waals surface area (Å²) >= 11 is 0. The Hall–Kier alpha value is -8.76. The van der Waals surface area contributed by atoms with Gasteiger partial charge < -0.3 is 9.80 Å². The van der Waals surface area contributed by atoms with Crippen LogP contribution in [0.15, 0.2) is 291 Å². The SMILES string of the molecule is c1ccc(N(c2ccc(-c3ccc4c(c3)[Si](c3ccccc3)(c3ccccc3)c3ccccc3N4c3ccccc3)cc2)c2cccc(C3(c4ccccc4)c4ccccc4-c4ccccc43)c2)cc1. The highest BCUT2D eigenvalue weighted by atomic mass is 28.3. The number of anilines is 6. The molecule has 13 rings (SSSR count). The molecule has 2 nitrogen and oxygen atoms in total. The van der Waals surface area contributed by atoms with Crippen molar-refractivity contribution in [2.45, 2.75) is 5.41 Å². The van der Waals surface area contributed by atoms with Gasteiger partial charge in [0.2, 0.25) is 0 Å². The molecule has 0 atom stereocenters. The van der Waals surface area contributed by atoms with Crippen molar-refractivity contribution in [3.8, 4) is 22.3 Å². The van der Waals surface area contributed by atoms with E-state index in [0.717, 1.165) is 22.7 Å². The normalized spacial score (nSPS) is 13.6. The first-order valence-electron chi connectivity index (χ1n) is 24.3. The first-order chi connectivity index (χ1) is 34.7. The molecule has 0 spiro atoms. The van der Waals surface area contributed by atoms with Gasteiger partial charge in [-0.25, -0.2) is 0 Å². The number of hydrogen-bond acceptors (Lipinski definition) is 2. The maximum Gasteiger partial charge on any atom is 0.184 e. The molecule has 330 valence electrons. The van der Waals surface area contributed by atoms with Crippen LogP contribution < -0.4 is 30.5 Å². The van der Waals surface area contributed by atoms with Crippen LogP contribution in [0.2, 0.25) is 0 Å². The van der Waals surface area contributed by atoms with Crippen LogP contribution in [0.3, 0.4) is 0 Å². The van der Waals surface area contributed by atoms with Crippen molar-refractivity contribution < 1.29 is 0 Å². The summed E-state index contributed by atoms with van der Waals surface area (Å²) in [6.45, 7) is 0. The first-order valence-corrected chi connectivity index (χ1v) is 26.3. The van der Waals surface area contributed by atoms with E-state index in [0.29, 0.717) is 0 Å². The zero-order chi connectivity index (χ0) is 46.5. The maximum absolute atomic E-state index is 2.87. The highest BCUT2D eigenvalue weighted by Gasteiger charge is 2.49. The van der Waals surface area contributed by atoms with E-state index in [1.165, 1.54) is 76.6 Å². The maximum atomic E-state index is 2.52. The lowest BCUT2D eigenvalue weighted by Crippen LogP contribution is -2.77. The summed E-state index contributed by atoms with van der Waals surface area (Å²) in [5.74, 6) is 0. The second-order valence-corrected chi connectivity index (χ2v) is 22.1.